The third kappa shape index (κ3) is 49.4. The fourth-order valence-corrected chi connectivity index (χ4v) is 8.57. The van der Waals surface area contributed by atoms with Gasteiger partial charge in [-0.3, -0.25) is 14.4 Å². The lowest BCUT2D eigenvalue weighted by Gasteiger charge is -2.18. The van der Waals surface area contributed by atoms with Crippen LogP contribution in [-0.4, -0.2) is 37.2 Å². The quantitative estimate of drug-likeness (QED) is 0.0344. The normalized spacial score (nSPS) is 12.0. The highest BCUT2D eigenvalue weighted by Crippen LogP contribution is 2.18. The number of unbranched alkanes of at least 4 members (excludes halogenated alkanes) is 38. The van der Waals surface area contributed by atoms with E-state index in [4.69, 9.17) is 14.2 Å². The van der Waals surface area contributed by atoms with Crippen LogP contribution in [0.25, 0.3) is 0 Å². The third-order valence-electron chi connectivity index (χ3n) is 12.8. The molecule has 62 heavy (non-hydrogen) atoms. The summed E-state index contributed by atoms with van der Waals surface area (Å²) in [6.45, 7) is 9.05. The van der Waals surface area contributed by atoms with Gasteiger partial charge in [-0.15, -0.1) is 0 Å². The molecule has 0 spiro atoms. The van der Waals surface area contributed by atoms with Crippen LogP contribution in [0, 0.1) is 5.92 Å². The molecule has 0 aromatic rings. The van der Waals surface area contributed by atoms with Crippen molar-refractivity contribution in [2.24, 2.45) is 5.92 Å². The van der Waals surface area contributed by atoms with Crippen molar-refractivity contribution in [3.8, 4) is 0 Å². The summed E-state index contributed by atoms with van der Waals surface area (Å²) < 4.78 is 16.9. The second-order valence-corrected chi connectivity index (χ2v) is 19.7. The minimum Gasteiger partial charge on any atom is -0.462 e. The number of ether oxygens (including phenoxy) is 3. The fourth-order valence-electron chi connectivity index (χ4n) is 8.57. The maximum absolute atomic E-state index is 12.8. The van der Waals surface area contributed by atoms with Crippen LogP contribution in [-0.2, 0) is 28.6 Å². The van der Waals surface area contributed by atoms with Crippen LogP contribution in [0.15, 0.2) is 0 Å². The summed E-state index contributed by atoms with van der Waals surface area (Å²) >= 11 is 0. The molecule has 0 bridgehead atoms. The lowest BCUT2D eigenvalue weighted by molar-refractivity contribution is -0.167. The molecule has 1 atom stereocenters. The molecule has 0 aliphatic heterocycles. The fraction of sp³-hybridized carbons (Fsp3) is 0.946. The van der Waals surface area contributed by atoms with Gasteiger partial charge in [0.1, 0.15) is 13.2 Å². The SMILES string of the molecule is CCCCCCCCCCCCCCCCCCCC(=O)OC[C@H](COC(=O)CCCCCCCCCCCCCCC(C)C)OC(=O)CCCCCCCCCCCCCC. The molecule has 0 aromatic carbocycles. The predicted octanol–water partition coefficient (Wildman–Crippen LogP) is 18.2. The zero-order valence-electron chi connectivity index (χ0n) is 42.3. The molecule has 0 amide bonds. The van der Waals surface area contributed by atoms with Crippen molar-refractivity contribution in [3.63, 3.8) is 0 Å². The molecular formula is C56H108O6. The van der Waals surface area contributed by atoms with E-state index in [1.807, 2.05) is 0 Å². The molecule has 0 aliphatic carbocycles. The van der Waals surface area contributed by atoms with E-state index in [0.29, 0.717) is 19.3 Å². The van der Waals surface area contributed by atoms with Gasteiger partial charge in [0.25, 0.3) is 0 Å². The number of hydrogen-bond acceptors (Lipinski definition) is 6. The van der Waals surface area contributed by atoms with E-state index in [1.165, 1.54) is 212 Å². The zero-order chi connectivity index (χ0) is 45.2. The topological polar surface area (TPSA) is 78.9 Å². The number of carbonyl (C=O) groups is 3. The van der Waals surface area contributed by atoms with Gasteiger partial charge in [-0.1, -0.05) is 278 Å². The largest absolute Gasteiger partial charge is 0.462 e. The first-order valence-corrected chi connectivity index (χ1v) is 27.9. The van der Waals surface area contributed by atoms with E-state index in [1.54, 1.807) is 0 Å². The van der Waals surface area contributed by atoms with Crippen LogP contribution in [0.2, 0.25) is 0 Å². The molecule has 0 N–H and O–H groups in total. The lowest BCUT2D eigenvalue weighted by Crippen LogP contribution is -2.30. The summed E-state index contributed by atoms with van der Waals surface area (Å²) in [6.07, 6.45) is 53.7. The van der Waals surface area contributed by atoms with E-state index in [0.717, 1.165) is 63.7 Å². The highest BCUT2D eigenvalue weighted by atomic mass is 16.6. The second-order valence-electron chi connectivity index (χ2n) is 19.7. The predicted molar refractivity (Wildman–Crippen MR) is 266 cm³/mol. The molecule has 368 valence electrons. The van der Waals surface area contributed by atoms with Crippen molar-refractivity contribution >= 4 is 17.9 Å². The third-order valence-corrected chi connectivity index (χ3v) is 12.8. The average molecular weight is 877 g/mol. The molecule has 0 fully saturated rings. The average Bonchev–Trinajstić information content (AvgIpc) is 3.26. The molecule has 0 saturated carbocycles. The molecule has 6 heteroatoms. The minimum absolute atomic E-state index is 0.0621. The maximum Gasteiger partial charge on any atom is 0.306 e. The zero-order valence-corrected chi connectivity index (χ0v) is 42.3. The van der Waals surface area contributed by atoms with E-state index >= 15 is 0 Å². The van der Waals surface area contributed by atoms with Crippen molar-refractivity contribution < 1.29 is 28.6 Å². The lowest BCUT2D eigenvalue weighted by atomic mass is 10.0. The molecule has 0 saturated heterocycles. The van der Waals surface area contributed by atoms with Crippen molar-refractivity contribution in [1.82, 2.24) is 0 Å². The molecule has 0 radical (unpaired) electrons. The highest BCUT2D eigenvalue weighted by Gasteiger charge is 2.19. The Kier molecular flexibility index (Phi) is 49.1. The van der Waals surface area contributed by atoms with Gasteiger partial charge < -0.3 is 14.2 Å². The summed E-state index contributed by atoms with van der Waals surface area (Å²) in [7, 11) is 0. The van der Waals surface area contributed by atoms with Crippen LogP contribution in [0.1, 0.15) is 317 Å². The summed E-state index contributed by atoms with van der Waals surface area (Å²) in [5.74, 6) is -0.00483. The summed E-state index contributed by atoms with van der Waals surface area (Å²) in [4.78, 5) is 38.0. The van der Waals surface area contributed by atoms with Crippen molar-refractivity contribution in [1.29, 1.82) is 0 Å². The molecular weight excluding hydrogens is 769 g/mol. The van der Waals surface area contributed by atoms with Gasteiger partial charge in [-0.05, 0) is 25.2 Å². The minimum atomic E-state index is -0.761. The summed E-state index contributed by atoms with van der Waals surface area (Å²) in [5.41, 5.74) is 0. The number of carbonyl (C=O) groups excluding carboxylic acids is 3. The van der Waals surface area contributed by atoms with Crippen molar-refractivity contribution in [2.45, 2.75) is 323 Å². The standard InChI is InChI=1S/C56H108O6/c1-5-7-9-11-13-15-17-19-20-21-22-23-28-31-35-39-43-47-54(57)60-50-53(62-56(59)49-45-41-37-33-27-18-16-14-12-10-8-6-2)51-61-55(58)48-44-40-36-32-29-25-24-26-30-34-38-42-46-52(3)4/h52-53H,5-51H2,1-4H3/t53-/m1/s1. The smallest absolute Gasteiger partial charge is 0.306 e. The summed E-state index contributed by atoms with van der Waals surface area (Å²) in [6, 6.07) is 0. The van der Waals surface area contributed by atoms with Gasteiger partial charge in [0.15, 0.2) is 6.10 Å². The van der Waals surface area contributed by atoms with E-state index in [9.17, 15) is 14.4 Å². The van der Waals surface area contributed by atoms with Gasteiger partial charge in [-0.25, -0.2) is 0 Å². The second kappa shape index (κ2) is 50.4. The Morgan fingerprint density at radius 2 is 0.532 bits per heavy atom. The van der Waals surface area contributed by atoms with Crippen molar-refractivity contribution in [2.75, 3.05) is 13.2 Å². The van der Waals surface area contributed by atoms with Crippen LogP contribution in [0.3, 0.4) is 0 Å². The molecule has 0 aliphatic rings. The monoisotopic (exact) mass is 877 g/mol. The number of hydrogen-bond donors (Lipinski definition) is 0. The Labute approximate surface area is 387 Å². The van der Waals surface area contributed by atoms with E-state index in [2.05, 4.69) is 27.7 Å². The Morgan fingerprint density at radius 1 is 0.306 bits per heavy atom. The van der Waals surface area contributed by atoms with Crippen molar-refractivity contribution in [3.05, 3.63) is 0 Å². The molecule has 0 aromatic heterocycles. The first-order chi connectivity index (χ1) is 30.4. The van der Waals surface area contributed by atoms with Gasteiger partial charge in [0, 0.05) is 19.3 Å². The molecule has 0 heterocycles. The van der Waals surface area contributed by atoms with Crippen LogP contribution in [0.4, 0.5) is 0 Å². The number of esters is 3. The van der Waals surface area contributed by atoms with Gasteiger partial charge >= 0.3 is 17.9 Å². The molecule has 0 unspecified atom stereocenters. The van der Waals surface area contributed by atoms with Gasteiger partial charge in [0.05, 0.1) is 0 Å². The molecule has 6 nitrogen and oxygen atoms in total. The van der Waals surface area contributed by atoms with Gasteiger partial charge in [0.2, 0.25) is 0 Å². The Bertz CT molecular complexity index is 933. The Morgan fingerprint density at radius 3 is 0.790 bits per heavy atom. The van der Waals surface area contributed by atoms with E-state index < -0.39 is 6.10 Å². The molecule has 0 rings (SSSR count). The first kappa shape index (κ1) is 60.4. The summed E-state index contributed by atoms with van der Waals surface area (Å²) in [5, 5.41) is 0. The number of rotatable bonds is 51. The van der Waals surface area contributed by atoms with Crippen LogP contribution >= 0.6 is 0 Å². The Balaban J connectivity index is 4.27. The van der Waals surface area contributed by atoms with E-state index in [-0.39, 0.29) is 31.1 Å². The van der Waals surface area contributed by atoms with Crippen LogP contribution < -0.4 is 0 Å². The first-order valence-electron chi connectivity index (χ1n) is 27.9. The highest BCUT2D eigenvalue weighted by molar-refractivity contribution is 5.71. The van der Waals surface area contributed by atoms with Crippen LogP contribution in [0.5, 0.6) is 0 Å². The van der Waals surface area contributed by atoms with Gasteiger partial charge in [-0.2, -0.15) is 0 Å². The maximum atomic E-state index is 12.8. The Hall–Kier alpha value is -1.59.